The van der Waals surface area contributed by atoms with Crippen LogP contribution in [0.4, 0.5) is 0 Å². The van der Waals surface area contributed by atoms with Gasteiger partial charge in [0.05, 0.1) is 6.26 Å². The molecule has 0 saturated carbocycles. The number of rotatable bonds is 1. The second kappa shape index (κ2) is 4.57. The lowest BCUT2D eigenvalue weighted by molar-refractivity contribution is -0.115. The summed E-state index contributed by atoms with van der Waals surface area (Å²) in [4.78, 5) is 11.6. The van der Waals surface area contributed by atoms with Gasteiger partial charge in [-0.2, -0.15) is 0 Å². The van der Waals surface area contributed by atoms with Crippen LogP contribution in [0.5, 0.6) is 0 Å². The van der Waals surface area contributed by atoms with Crippen molar-refractivity contribution >= 4 is 5.78 Å². The number of aliphatic hydroxyl groups excluding tert-OH is 1. The summed E-state index contributed by atoms with van der Waals surface area (Å²) in [5.74, 6) is 6.30. The van der Waals surface area contributed by atoms with E-state index in [-0.39, 0.29) is 17.1 Å². The van der Waals surface area contributed by atoms with Gasteiger partial charge in [0.1, 0.15) is 0 Å². The summed E-state index contributed by atoms with van der Waals surface area (Å²) in [6.45, 7) is 7.82. The summed E-state index contributed by atoms with van der Waals surface area (Å²) in [6, 6.07) is 0. The molecule has 2 nitrogen and oxygen atoms in total. The second-order valence-electron chi connectivity index (χ2n) is 4.88. The molecule has 86 valence electrons. The number of hydrogen-bond donors (Lipinski definition) is 1. The fraction of sp³-hybridized carbons (Fsp3) is 0.500. The predicted molar refractivity (Wildman–Crippen MR) is 64.8 cm³/mol. The average molecular weight is 218 g/mol. The van der Waals surface area contributed by atoms with Crippen molar-refractivity contribution in [2.75, 3.05) is 0 Å². The number of ketones is 1. The molecule has 1 atom stereocenters. The van der Waals surface area contributed by atoms with Crippen LogP contribution < -0.4 is 0 Å². The van der Waals surface area contributed by atoms with Gasteiger partial charge in [0.25, 0.3) is 0 Å². The molecule has 0 heterocycles. The molecule has 1 N–H and O–H groups in total. The molecule has 0 spiro atoms. The highest BCUT2D eigenvalue weighted by atomic mass is 16.2. The van der Waals surface area contributed by atoms with E-state index in [0.717, 1.165) is 17.4 Å². The van der Waals surface area contributed by atoms with Gasteiger partial charge in [0.2, 0.25) is 0 Å². The van der Waals surface area contributed by atoms with E-state index in [1.165, 1.54) is 0 Å². The highest BCUT2D eigenvalue weighted by Gasteiger charge is 2.35. The Morgan fingerprint density at radius 3 is 2.56 bits per heavy atom. The highest BCUT2D eigenvalue weighted by Crippen LogP contribution is 2.39. The summed E-state index contributed by atoms with van der Waals surface area (Å²) in [5.41, 5.74) is 1.59. The topological polar surface area (TPSA) is 37.3 Å². The third-order valence-corrected chi connectivity index (χ3v) is 2.87. The Labute approximate surface area is 97.1 Å². The molecule has 0 aliphatic heterocycles. The van der Waals surface area contributed by atoms with Crippen molar-refractivity contribution in [1.82, 2.24) is 0 Å². The summed E-state index contributed by atoms with van der Waals surface area (Å²) in [6.07, 6.45) is 3.17. The van der Waals surface area contributed by atoms with Crippen LogP contribution in [-0.2, 0) is 4.79 Å². The van der Waals surface area contributed by atoms with Crippen molar-refractivity contribution in [3.63, 3.8) is 0 Å². The third kappa shape index (κ3) is 2.55. The maximum absolute atomic E-state index is 11.6. The van der Waals surface area contributed by atoms with E-state index in [4.69, 9.17) is 5.11 Å². The third-order valence-electron chi connectivity index (χ3n) is 2.87. The first kappa shape index (κ1) is 12.6. The number of Topliss-reactive ketones (excluding diaryl/α,β-unsaturated/α-hetero) is 1. The van der Waals surface area contributed by atoms with E-state index in [0.29, 0.717) is 6.42 Å². The Hall–Kier alpha value is -1.49. The molecule has 0 amide bonds. The maximum Gasteiger partial charge on any atom is 0.160 e. The van der Waals surface area contributed by atoms with Crippen LogP contribution in [0, 0.1) is 23.2 Å². The Morgan fingerprint density at radius 1 is 1.50 bits per heavy atom. The zero-order chi connectivity index (χ0) is 12.3. The zero-order valence-corrected chi connectivity index (χ0v) is 10.3. The second-order valence-corrected chi connectivity index (χ2v) is 4.88. The van der Waals surface area contributed by atoms with Gasteiger partial charge in [0.15, 0.2) is 5.78 Å². The van der Waals surface area contributed by atoms with Crippen LogP contribution in [0.25, 0.3) is 0 Å². The molecule has 0 aromatic carbocycles. The van der Waals surface area contributed by atoms with Gasteiger partial charge in [0, 0.05) is 28.9 Å². The van der Waals surface area contributed by atoms with Crippen LogP contribution in [0.3, 0.4) is 0 Å². The number of carbonyl (C=O) groups is 1. The summed E-state index contributed by atoms with van der Waals surface area (Å²) >= 11 is 0. The first-order valence-corrected chi connectivity index (χ1v) is 5.45. The lowest BCUT2D eigenvalue weighted by Crippen LogP contribution is -2.10. The molecular formula is C14H18O2. The molecule has 2 heteroatoms. The van der Waals surface area contributed by atoms with E-state index < -0.39 is 0 Å². The van der Waals surface area contributed by atoms with E-state index in [2.05, 4.69) is 11.8 Å². The van der Waals surface area contributed by atoms with Gasteiger partial charge >= 0.3 is 0 Å². The highest BCUT2D eigenvalue weighted by molar-refractivity contribution is 6.00. The standard InChI is InChI=1S/C14H18O2/c1-10(7-8-15)5-6-12-11(2)13(16)9-14(12,3)4/h7-8,10,15H,9H2,1-4H3. The van der Waals surface area contributed by atoms with Crippen molar-refractivity contribution in [1.29, 1.82) is 0 Å². The minimum absolute atomic E-state index is 0.00296. The minimum atomic E-state index is -0.142. The average Bonchev–Trinajstić information content (AvgIpc) is 2.34. The lowest BCUT2D eigenvalue weighted by atomic mass is 9.85. The molecule has 16 heavy (non-hydrogen) atoms. The van der Waals surface area contributed by atoms with Gasteiger partial charge < -0.3 is 5.11 Å². The monoisotopic (exact) mass is 218 g/mol. The molecule has 0 saturated heterocycles. The van der Waals surface area contributed by atoms with E-state index in [1.807, 2.05) is 27.7 Å². The predicted octanol–water partition coefficient (Wildman–Crippen LogP) is 3.01. The Bertz CT molecular complexity index is 414. The molecule has 1 aliphatic carbocycles. The van der Waals surface area contributed by atoms with Gasteiger partial charge in [-0.25, -0.2) is 0 Å². The van der Waals surface area contributed by atoms with Crippen molar-refractivity contribution in [2.45, 2.75) is 34.1 Å². The summed E-state index contributed by atoms with van der Waals surface area (Å²) < 4.78 is 0. The largest absolute Gasteiger partial charge is 0.516 e. The molecule has 0 aromatic heterocycles. The quantitative estimate of drug-likeness (QED) is 0.542. The Kier molecular flexibility index (Phi) is 3.59. The molecule has 0 aromatic rings. The molecule has 1 rings (SSSR count). The SMILES string of the molecule is CC1=C(C#CC(C)C=CO)C(C)(C)CC1=O. The number of hydrogen-bond acceptors (Lipinski definition) is 2. The summed E-state index contributed by atoms with van der Waals surface area (Å²) in [7, 11) is 0. The van der Waals surface area contributed by atoms with Crippen LogP contribution in [0.15, 0.2) is 23.5 Å². The molecule has 0 radical (unpaired) electrons. The number of aliphatic hydroxyl groups is 1. The maximum atomic E-state index is 11.6. The molecule has 1 aliphatic rings. The van der Waals surface area contributed by atoms with Gasteiger partial charge in [-0.05, 0) is 19.9 Å². The van der Waals surface area contributed by atoms with Crippen molar-refractivity contribution in [2.24, 2.45) is 11.3 Å². The van der Waals surface area contributed by atoms with Gasteiger partial charge in [-0.1, -0.05) is 25.7 Å². The molecular weight excluding hydrogens is 200 g/mol. The van der Waals surface area contributed by atoms with Gasteiger partial charge in [-0.15, -0.1) is 0 Å². The lowest BCUT2D eigenvalue weighted by Gasteiger charge is -2.17. The van der Waals surface area contributed by atoms with E-state index in [1.54, 1.807) is 6.08 Å². The number of carbonyl (C=O) groups excluding carboxylic acids is 1. The van der Waals surface area contributed by atoms with E-state index >= 15 is 0 Å². The fourth-order valence-corrected chi connectivity index (χ4v) is 1.90. The molecule has 0 bridgehead atoms. The van der Waals surface area contributed by atoms with E-state index in [9.17, 15) is 4.79 Å². The first-order chi connectivity index (χ1) is 7.38. The normalized spacial score (nSPS) is 21.1. The van der Waals surface area contributed by atoms with Crippen molar-refractivity contribution in [3.05, 3.63) is 23.5 Å². The zero-order valence-electron chi connectivity index (χ0n) is 10.3. The smallest absolute Gasteiger partial charge is 0.160 e. The molecule has 1 unspecified atom stereocenters. The van der Waals surface area contributed by atoms with Crippen LogP contribution >= 0.6 is 0 Å². The van der Waals surface area contributed by atoms with Crippen molar-refractivity contribution < 1.29 is 9.90 Å². The molecule has 0 fully saturated rings. The summed E-state index contributed by atoms with van der Waals surface area (Å²) in [5, 5.41) is 8.61. The first-order valence-electron chi connectivity index (χ1n) is 5.45. The Balaban J connectivity index is 3.00. The van der Waals surface area contributed by atoms with Crippen LogP contribution in [-0.4, -0.2) is 10.9 Å². The minimum Gasteiger partial charge on any atom is -0.516 e. The van der Waals surface area contributed by atoms with Crippen molar-refractivity contribution in [3.8, 4) is 11.8 Å². The Morgan fingerprint density at radius 2 is 2.12 bits per heavy atom. The fourth-order valence-electron chi connectivity index (χ4n) is 1.90. The van der Waals surface area contributed by atoms with Crippen LogP contribution in [0.2, 0.25) is 0 Å². The van der Waals surface area contributed by atoms with Crippen LogP contribution in [0.1, 0.15) is 34.1 Å². The van der Waals surface area contributed by atoms with Gasteiger partial charge in [-0.3, -0.25) is 4.79 Å². The number of allylic oxidation sites excluding steroid dienone is 3.